The van der Waals surface area contributed by atoms with Crippen molar-refractivity contribution in [1.82, 2.24) is 9.78 Å². The van der Waals surface area contributed by atoms with Gasteiger partial charge in [-0.05, 0) is 42.3 Å². The summed E-state index contributed by atoms with van der Waals surface area (Å²) in [5.74, 6) is 1.70. The number of nitro groups is 1. The third kappa shape index (κ3) is 4.33. The van der Waals surface area contributed by atoms with E-state index in [1.807, 2.05) is 48.5 Å². The van der Waals surface area contributed by atoms with E-state index in [0.717, 1.165) is 27.5 Å². The van der Waals surface area contributed by atoms with Crippen molar-refractivity contribution in [3.63, 3.8) is 0 Å². The molecule has 4 N–H and O–H groups in total. The highest BCUT2D eigenvalue weighted by Crippen LogP contribution is 2.44. The number of H-pyrrole nitrogens is 1. The van der Waals surface area contributed by atoms with Crippen LogP contribution in [0.25, 0.3) is 0 Å². The number of aromatic nitrogens is 2. The average molecular weight is 509 g/mol. The van der Waals surface area contributed by atoms with Crippen LogP contribution in [0.5, 0.6) is 11.5 Å². The van der Waals surface area contributed by atoms with E-state index in [1.165, 1.54) is 6.07 Å². The minimum Gasteiger partial charge on any atom is -0.493 e. The highest BCUT2D eigenvalue weighted by atomic mass is 32.1. The highest BCUT2D eigenvalue weighted by molar-refractivity contribution is 7.15. The molecule has 2 unspecified atom stereocenters. The van der Waals surface area contributed by atoms with Crippen LogP contribution in [0.15, 0.2) is 65.5 Å². The summed E-state index contributed by atoms with van der Waals surface area (Å²) in [7, 11) is 3.14. The maximum atomic E-state index is 13.0. The van der Waals surface area contributed by atoms with Crippen LogP contribution in [-0.2, 0) is 0 Å². The summed E-state index contributed by atoms with van der Waals surface area (Å²) in [6, 6.07) is 17.7. The number of hydrazine groups is 1. The number of benzene rings is 2. The maximum Gasteiger partial charge on any atom is 0.324 e. The fourth-order valence-corrected chi connectivity index (χ4v) is 5.20. The summed E-state index contributed by atoms with van der Waals surface area (Å²) in [6.07, 6.45) is 0.538. The summed E-state index contributed by atoms with van der Waals surface area (Å²) in [5.41, 5.74) is 7.74. The molecule has 0 amide bonds. The van der Waals surface area contributed by atoms with Crippen molar-refractivity contribution in [3.05, 3.63) is 91.6 Å². The molecule has 0 spiro atoms. The molecule has 0 saturated heterocycles. The number of rotatable bonds is 8. The lowest BCUT2D eigenvalue weighted by Crippen LogP contribution is -2.28. The Bertz CT molecular complexity index is 1450. The largest absolute Gasteiger partial charge is 0.493 e. The van der Waals surface area contributed by atoms with Gasteiger partial charge in [0.2, 0.25) is 0 Å². The number of anilines is 3. The number of hydrogen-bond donors (Lipinski definition) is 4. The van der Waals surface area contributed by atoms with Gasteiger partial charge in [-0.1, -0.05) is 35.6 Å². The Morgan fingerprint density at radius 2 is 1.83 bits per heavy atom. The molecule has 36 heavy (non-hydrogen) atoms. The van der Waals surface area contributed by atoms with E-state index < -0.39 is 4.92 Å². The second kappa shape index (κ2) is 9.66. The van der Waals surface area contributed by atoms with Gasteiger partial charge < -0.3 is 20.2 Å². The summed E-state index contributed by atoms with van der Waals surface area (Å²) in [6.45, 7) is 0. The monoisotopic (exact) mass is 508 g/mol. The smallest absolute Gasteiger partial charge is 0.324 e. The molecule has 11 nitrogen and oxygen atoms in total. The number of thiophene rings is 1. The highest BCUT2D eigenvalue weighted by Gasteiger charge is 2.34. The Balaban J connectivity index is 1.56. The van der Waals surface area contributed by atoms with Crippen LogP contribution in [0.1, 0.15) is 28.9 Å². The Morgan fingerprint density at radius 1 is 1.06 bits per heavy atom. The van der Waals surface area contributed by atoms with Crippen LogP contribution < -0.4 is 31.2 Å². The zero-order valence-corrected chi connectivity index (χ0v) is 20.3. The van der Waals surface area contributed by atoms with Gasteiger partial charge in [-0.3, -0.25) is 30.1 Å². The number of fused-ring (bicyclic) bond motifs is 1. The third-order valence-electron chi connectivity index (χ3n) is 6.04. The van der Waals surface area contributed by atoms with Gasteiger partial charge in [0.1, 0.15) is 0 Å². The molecule has 2 aromatic carbocycles. The molecule has 5 rings (SSSR count). The van der Waals surface area contributed by atoms with E-state index in [-0.39, 0.29) is 22.6 Å². The van der Waals surface area contributed by atoms with Crippen LogP contribution >= 0.6 is 11.3 Å². The molecule has 0 bridgehead atoms. The molecule has 0 aliphatic carbocycles. The van der Waals surface area contributed by atoms with Crippen molar-refractivity contribution in [1.29, 1.82) is 0 Å². The zero-order chi connectivity index (χ0) is 25.2. The first-order valence-electron chi connectivity index (χ1n) is 11.1. The molecule has 0 fully saturated rings. The molecule has 1 aliphatic rings. The second-order valence-electron chi connectivity index (χ2n) is 8.15. The van der Waals surface area contributed by atoms with E-state index in [1.54, 1.807) is 25.0 Å². The van der Waals surface area contributed by atoms with Crippen molar-refractivity contribution >= 4 is 33.5 Å². The standard InChI is InChI=1S/C24H24N6O5S/c1-34-18-9-8-14(12-19(18)35-2)17-13-16(20-10-11-21(36-20)30(32)33)25-23-22(24(31)28-29(17)23)27-26-15-6-4-3-5-7-15/h3-12,16-17,25-27H,13H2,1-2H3,(H,28,31). The van der Waals surface area contributed by atoms with Crippen molar-refractivity contribution in [2.24, 2.45) is 0 Å². The predicted octanol–water partition coefficient (Wildman–Crippen LogP) is 4.75. The van der Waals surface area contributed by atoms with Crippen LogP contribution in [0.2, 0.25) is 0 Å². The number of ether oxygens (including phenoxy) is 2. The second-order valence-corrected chi connectivity index (χ2v) is 9.24. The Morgan fingerprint density at radius 3 is 2.53 bits per heavy atom. The van der Waals surface area contributed by atoms with Gasteiger partial charge >= 0.3 is 5.00 Å². The molecule has 0 radical (unpaired) electrons. The van der Waals surface area contributed by atoms with Gasteiger partial charge in [-0.15, -0.1) is 0 Å². The Kier molecular flexibility index (Phi) is 6.25. The number of para-hydroxylation sites is 1. The SMILES string of the molecule is COc1ccc(C2CC(c3ccc([N+](=O)[O-])s3)Nc3c(NNc4ccccc4)c(=O)[nH]n32)cc1OC. The molecular weight excluding hydrogens is 484 g/mol. The first-order valence-corrected chi connectivity index (χ1v) is 11.9. The molecule has 186 valence electrons. The summed E-state index contributed by atoms with van der Waals surface area (Å²) >= 11 is 1.12. The number of hydrogen-bond acceptors (Lipinski definition) is 9. The molecule has 3 heterocycles. The van der Waals surface area contributed by atoms with Crippen LogP contribution in [0, 0.1) is 10.1 Å². The van der Waals surface area contributed by atoms with Crippen LogP contribution in [-0.4, -0.2) is 28.9 Å². The molecule has 2 atom stereocenters. The normalized spacial score (nSPS) is 16.5. The number of nitrogens with one attached hydrogen (secondary N) is 4. The minimum absolute atomic E-state index is 0.0654. The predicted molar refractivity (Wildman–Crippen MR) is 138 cm³/mol. The fourth-order valence-electron chi connectivity index (χ4n) is 4.31. The van der Waals surface area contributed by atoms with Crippen molar-refractivity contribution < 1.29 is 14.4 Å². The molecule has 4 aromatic rings. The van der Waals surface area contributed by atoms with Crippen LogP contribution in [0.4, 0.5) is 22.2 Å². The van der Waals surface area contributed by atoms with E-state index in [4.69, 9.17) is 9.47 Å². The van der Waals surface area contributed by atoms with Gasteiger partial charge in [-0.25, -0.2) is 0 Å². The number of aromatic amines is 1. The van der Waals surface area contributed by atoms with Gasteiger partial charge in [0.25, 0.3) is 5.56 Å². The summed E-state index contributed by atoms with van der Waals surface area (Å²) in [4.78, 5) is 24.7. The van der Waals surface area contributed by atoms with Gasteiger partial charge in [0.05, 0.1) is 36.9 Å². The van der Waals surface area contributed by atoms with Gasteiger partial charge in [-0.2, -0.15) is 0 Å². The van der Waals surface area contributed by atoms with E-state index in [0.29, 0.717) is 29.4 Å². The average Bonchev–Trinajstić information content (AvgIpc) is 3.52. The lowest BCUT2D eigenvalue weighted by molar-refractivity contribution is -0.380. The maximum absolute atomic E-state index is 13.0. The lowest BCUT2D eigenvalue weighted by Gasteiger charge is -2.33. The zero-order valence-electron chi connectivity index (χ0n) is 19.5. The Hall–Kier alpha value is -4.45. The topological polar surface area (TPSA) is 135 Å². The van der Waals surface area contributed by atoms with Crippen molar-refractivity contribution in [2.75, 3.05) is 30.4 Å². The number of nitrogens with zero attached hydrogens (tertiary/aromatic N) is 2. The molecular formula is C24H24N6O5S. The van der Waals surface area contributed by atoms with Crippen LogP contribution in [0.3, 0.4) is 0 Å². The quantitative estimate of drug-likeness (QED) is 0.198. The van der Waals surface area contributed by atoms with Gasteiger partial charge in [0, 0.05) is 10.9 Å². The van der Waals surface area contributed by atoms with E-state index in [2.05, 4.69) is 21.3 Å². The summed E-state index contributed by atoms with van der Waals surface area (Å²) < 4.78 is 12.6. The lowest BCUT2D eigenvalue weighted by atomic mass is 9.96. The van der Waals surface area contributed by atoms with E-state index >= 15 is 0 Å². The molecule has 2 aromatic heterocycles. The van der Waals surface area contributed by atoms with Crippen molar-refractivity contribution in [2.45, 2.75) is 18.5 Å². The fraction of sp³-hybridized carbons (Fsp3) is 0.208. The first-order chi connectivity index (χ1) is 17.5. The number of methoxy groups -OCH3 is 2. The van der Waals surface area contributed by atoms with Gasteiger partial charge in [0.15, 0.2) is 23.0 Å². The summed E-state index contributed by atoms with van der Waals surface area (Å²) in [5, 5.41) is 17.7. The van der Waals surface area contributed by atoms with E-state index in [9.17, 15) is 14.9 Å². The molecule has 1 aliphatic heterocycles. The minimum atomic E-state index is -0.397. The van der Waals surface area contributed by atoms with Crippen molar-refractivity contribution in [3.8, 4) is 11.5 Å². The molecule has 0 saturated carbocycles. The third-order valence-corrected chi connectivity index (χ3v) is 7.19. The Labute approximate surface area is 209 Å². The molecule has 12 heteroatoms. The first kappa shape index (κ1) is 23.3.